The second-order valence-corrected chi connectivity index (χ2v) is 6.33. The smallest absolute Gasteiger partial charge is 0.236 e. The molecule has 0 saturated carbocycles. The summed E-state index contributed by atoms with van der Waals surface area (Å²) in [7, 11) is 1.60. The lowest BCUT2D eigenvalue weighted by molar-refractivity contribution is -0.116. The summed E-state index contributed by atoms with van der Waals surface area (Å²) in [6.45, 7) is 1.35. The molecule has 1 aromatic carbocycles. The molecule has 1 saturated heterocycles. The van der Waals surface area contributed by atoms with Crippen molar-refractivity contribution in [2.45, 2.75) is 13.0 Å². The Balaban J connectivity index is 1.64. The molecule has 1 fully saturated rings. The van der Waals surface area contributed by atoms with Gasteiger partial charge >= 0.3 is 0 Å². The summed E-state index contributed by atoms with van der Waals surface area (Å²) in [5.41, 5.74) is 0.755. The molecule has 0 spiro atoms. The number of hydrogen-bond acceptors (Lipinski definition) is 7. The number of amides is 1. The van der Waals surface area contributed by atoms with Gasteiger partial charge in [0.05, 0.1) is 32.0 Å². The van der Waals surface area contributed by atoms with Gasteiger partial charge in [0.1, 0.15) is 0 Å². The molecule has 8 nitrogen and oxygen atoms in total. The number of rotatable bonds is 8. The molecular formula is C17H19N5O3S. The van der Waals surface area contributed by atoms with Crippen LogP contribution >= 0.6 is 11.8 Å². The third-order valence-corrected chi connectivity index (χ3v) is 4.39. The van der Waals surface area contributed by atoms with Gasteiger partial charge in [-0.25, -0.2) is 4.98 Å². The van der Waals surface area contributed by atoms with Crippen molar-refractivity contribution < 1.29 is 14.3 Å². The van der Waals surface area contributed by atoms with Crippen molar-refractivity contribution in [3.63, 3.8) is 0 Å². The Hall–Kier alpha value is -2.81. The molecule has 2 aromatic rings. The summed E-state index contributed by atoms with van der Waals surface area (Å²) in [6.07, 6.45) is 7.87. The largest absolute Gasteiger partial charge is 0.493 e. The highest BCUT2D eigenvalue weighted by Gasteiger charge is 2.16. The average Bonchev–Trinajstić information content (AvgIpc) is 3.31. The zero-order valence-electron chi connectivity index (χ0n) is 14.3. The predicted octanol–water partition coefficient (Wildman–Crippen LogP) is 1.91. The number of benzene rings is 1. The van der Waals surface area contributed by atoms with Crippen LogP contribution < -0.4 is 14.8 Å². The van der Waals surface area contributed by atoms with E-state index in [1.165, 1.54) is 11.8 Å². The monoisotopic (exact) mass is 373 g/mol. The van der Waals surface area contributed by atoms with Gasteiger partial charge in [0, 0.05) is 24.5 Å². The summed E-state index contributed by atoms with van der Waals surface area (Å²) < 4.78 is 13.3. The number of aryl methyl sites for hydroxylation is 1. The first-order valence-electron chi connectivity index (χ1n) is 8.05. The molecule has 0 radical (unpaired) electrons. The van der Waals surface area contributed by atoms with Crippen LogP contribution in [0.2, 0.25) is 0 Å². The number of imidazole rings is 1. The predicted molar refractivity (Wildman–Crippen MR) is 101 cm³/mol. The van der Waals surface area contributed by atoms with Gasteiger partial charge in [0.2, 0.25) is 5.91 Å². The van der Waals surface area contributed by atoms with Crippen LogP contribution in [0.5, 0.6) is 11.5 Å². The normalized spacial score (nSPS) is 15.6. The highest BCUT2D eigenvalue weighted by Crippen LogP contribution is 2.30. The van der Waals surface area contributed by atoms with Gasteiger partial charge in [-0.3, -0.25) is 4.79 Å². The molecule has 1 aromatic heterocycles. The molecule has 9 heteroatoms. The molecule has 0 aliphatic carbocycles. The number of carbonyl (C=O) groups excluding carboxylic acids is 1. The van der Waals surface area contributed by atoms with Crippen molar-refractivity contribution in [1.82, 2.24) is 14.9 Å². The molecule has 136 valence electrons. The molecule has 26 heavy (non-hydrogen) atoms. The van der Waals surface area contributed by atoms with Crippen molar-refractivity contribution >= 4 is 29.1 Å². The lowest BCUT2D eigenvalue weighted by Crippen LogP contribution is -2.19. The van der Waals surface area contributed by atoms with Crippen LogP contribution in [0, 0.1) is 0 Å². The first-order valence-corrected chi connectivity index (χ1v) is 9.04. The van der Waals surface area contributed by atoms with Gasteiger partial charge in [-0.2, -0.15) is 5.10 Å². The third-order valence-electron chi connectivity index (χ3n) is 3.53. The van der Waals surface area contributed by atoms with Gasteiger partial charge < -0.3 is 19.4 Å². The van der Waals surface area contributed by atoms with Gasteiger partial charge in [0.15, 0.2) is 16.7 Å². The topological polar surface area (TPSA) is 90.1 Å². The van der Waals surface area contributed by atoms with Crippen molar-refractivity contribution in [2.75, 3.05) is 19.5 Å². The lowest BCUT2D eigenvalue weighted by Gasteiger charge is -2.13. The van der Waals surface area contributed by atoms with E-state index in [9.17, 15) is 4.79 Å². The minimum atomic E-state index is -0.0627. The van der Waals surface area contributed by atoms with Crippen LogP contribution in [0.3, 0.4) is 0 Å². The first kappa shape index (κ1) is 18.0. The zero-order chi connectivity index (χ0) is 18.2. The van der Waals surface area contributed by atoms with Crippen LogP contribution in [0.15, 0.2) is 47.1 Å². The maximum atomic E-state index is 11.1. The standard InChI is InChI=1S/C17H19N5O3S/c1-24-14-5-2-4-13(10-19-21-17-20-15(23)11-26-17)16(14)25-9-3-7-22-8-6-18-12-22/h2,4-6,8,10,12H,3,7,9,11H2,1H3,(H,20,21,23). The number of ether oxygens (including phenoxy) is 2. The Bertz CT molecular complexity index is 805. The fourth-order valence-electron chi connectivity index (χ4n) is 2.31. The number of para-hydroxylation sites is 1. The van der Waals surface area contributed by atoms with Crippen molar-refractivity contribution in [2.24, 2.45) is 10.2 Å². The number of nitrogens with zero attached hydrogens (tertiary/aromatic N) is 4. The molecule has 1 aliphatic heterocycles. The molecule has 1 N–H and O–H groups in total. The Labute approximate surface area is 155 Å². The summed E-state index contributed by atoms with van der Waals surface area (Å²) >= 11 is 1.33. The molecular weight excluding hydrogens is 354 g/mol. The molecule has 1 amide bonds. The Kier molecular flexibility index (Phi) is 6.26. The summed E-state index contributed by atoms with van der Waals surface area (Å²) in [6, 6.07) is 5.57. The van der Waals surface area contributed by atoms with E-state index in [4.69, 9.17) is 9.47 Å². The maximum Gasteiger partial charge on any atom is 0.236 e. The van der Waals surface area contributed by atoms with E-state index in [2.05, 4.69) is 20.5 Å². The van der Waals surface area contributed by atoms with Crippen LogP contribution in [0.25, 0.3) is 0 Å². The number of hydrogen-bond donors (Lipinski definition) is 1. The van der Waals surface area contributed by atoms with Crippen molar-refractivity contribution in [3.8, 4) is 11.5 Å². The highest BCUT2D eigenvalue weighted by atomic mass is 32.2. The van der Waals surface area contributed by atoms with E-state index in [-0.39, 0.29) is 5.91 Å². The van der Waals surface area contributed by atoms with Crippen LogP contribution in [0.1, 0.15) is 12.0 Å². The molecule has 1 aliphatic rings. The Morgan fingerprint density at radius 3 is 3.12 bits per heavy atom. The maximum absolute atomic E-state index is 11.1. The van der Waals surface area contributed by atoms with E-state index < -0.39 is 0 Å². The number of aromatic nitrogens is 2. The molecule has 3 rings (SSSR count). The van der Waals surface area contributed by atoms with Gasteiger partial charge in [-0.05, 0) is 18.6 Å². The van der Waals surface area contributed by atoms with Crippen LogP contribution in [-0.2, 0) is 11.3 Å². The SMILES string of the molecule is COc1cccc(C=NN=C2NC(=O)CS2)c1OCCCn1ccnc1. The zero-order valence-corrected chi connectivity index (χ0v) is 15.1. The van der Waals surface area contributed by atoms with Crippen molar-refractivity contribution in [3.05, 3.63) is 42.5 Å². The Morgan fingerprint density at radius 1 is 1.46 bits per heavy atom. The van der Waals surface area contributed by atoms with E-state index in [0.717, 1.165) is 18.5 Å². The van der Waals surface area contributed by atoms with Gasteiger partial charge in [-0.15, -0.1) is 5.10 Å². The first-order chi connectivity index (χ1) is 12.8. The minimum Gasteiger partial charge on any atom is -0.493 e. The lowest BCUT2D eigenvalue weighted by atomic mass is 10.2. The summed E-state index contributed by atoms with van der Waals surface area (Å²) in [4.78, 5) is 15.2. The number of carbonyl (C=O) groups is 1. The Morgan fingerprint density at radius 2 is 2.38 bits per heavy atom. The fraction of sp³-hybridized carbons (Fsp3) is 0.294. The summed E-state index contributed by atoms with van der Waals surface area (Å²) in [5.74, 6) is 1.56. The third kappa shape index (κ3) is 4.85. The minimum absolute atomic E-state index is 0.0627. The summed E-state index contributed by atoms with van der Waals surface area (Å²) in [5, 5.41) is 11.2. The van der Waals surface area contributed by atoms with E-state index >= 15 is 0 Å². The second-order valence-electron chi connectivity index (χ2n) is 5.37. The second kappa shape index (κ2) is 9.04. The molecule has 0 atom stereocenters. The van der Waals surface area contributed by atoms with Crippen molar-refractivity contribution in [1.29, 1.82) is 0 Å². The van der Waals surface area contributed by atoms with Gasteiger partial charge in [-0.1, -0.05) is 17.8 Å². The molecule has 0 bridgehead atoms. The fourth-order valence-corrected chi connectivity index (χ4v) is 2.94. The average molecular weight is 373 g/mol. The van der Waals surface area contributed by atoms with E-state index in [1.54, 1.807) is 25.8 Å². The number of amidine groups is 1. The van der Waals surface area contributed by atoms with E-state index in [0.29, 0.717) is 29.0 Å². The van der Waals surface area contributed by atoms with Crippen LogP contribution in [0.4, 0.5) is 0 Å². The molecule has 0 unspecified atom stereocenters. The van der Waals surface area contributed by atoms with Gasteiger partial charge in [0.25, 0.3) is 0 Å². The number of methoxy groups -OCH3 is 1. The number of thioether (sulfide) groups is 1. The molecule has 2 heterocycles. The highest BCUT2D eigenvalue weighted by molar-refractivity contribution is 8.15. The van der Waals surface area contributed by atoms with Crippen LogP contribution in [-0.4, -0.2) is 46.3 Å². The quantitative estimate of drug-likeness (QED) is 0.434. The number of nitrogens with one attached hydrogen (secondary N) is 1. The van der Waals surface area contributed by atoms with E-state index in [1.807, 2.05) is 29.0 Å².